The Kier molecular flexibility index (Phi) is 6.39. The average molecular weight is 387 g/mol. The molecule has 5 heteroatoms. The Bertz CT molecular complexity index is 1010. The van der Waals surface area contributed by atoms with Crippen LogP contribution >= 0.6 is 0 Å². The van der Waals surface area contributed by atoms with E-state index in [4.69, 9.17) is 0 Å². The normalized spacial score (nSPS) is 10.4. The van der Waals surface area contributed by atoms with Crippen molar-refractivity contribution < 1.29 is 9.59 Å². The molecule has 3 rings (SSSR count). The van der Waals surface area contributed by atoms with Crippen molar-refractivity contribution in [1.29, 1.82) is 0 Å². The van der Waals surface area contributed by atoms with Gasteiger partial charge in [-0.2, -0.15) is 0 Å². The van der Waals surface area contributed by atoms with Crippen molar-refractivity contribution in [2.24, 2.45) is 0 Å². The number of carbonyl (C=O) groups excluding carboxylic acids is 2. The quantitative estimate of drug-likeness (QED) is 0.686. The minimum atomic E-state index is -0.307. The van der Waals surface area contributed by atoms with Gasteiger partial charge in [-0.3, -0.25) is 9.59 Å². The zero-order valence-electron chi connectivity index (χ0n) is 17.0. The number of pyridine rings is 1. The lowest BCUT2D eigenvalue weighted by atomic mass is 10.1. The van der Waals surface area contributed by atoms with Gasteiger partial charge in [0.05, 0.1) is 0 Å². The molecule has 0 saturated carbocycles. The standard InChI is InChI=1S/C24H25N3O2/c1-4-27(20-8-5-7-18(3)15-20)24(29)22-10-6-9-21(26-22)23(28)25-16-19-13-11-17(2)12-14-19/h5-15H,4,16H2,1-3H3,(H,25,28). The van der Waals surface area contributed by atoms with Crippen LogP contribution in [0.4, 0.5) is 5.69 Å². The molecule has 0 aliphatic rings. The van der Waals surface area contributed by atoms with Gasteiger partial charge in [-0.15, -0.1) is 0 Å². The lowest BCUT2D eigenvalue weighted by Crippen LogP contribution is -2.32. The molecule has 1 N–H and O–H groups in total. The van der Waals surface area contributed by atoms with Crippen molar-refractivity contribution in [2.75, 3.05) is 11.4 Å². The maximum Gasteiger partial charge on any atom is 0.276 e. The van der Waals surface area contributed by atoms with E-state index in [-0.39, 0.29) is 23.2 Å². The number of benzene rings is 2. The second-order valence-electron chi connectivity index (χ2n) is 6.96. The maximum atomic E-state index is 13.0. The molecule has 3 aromatic rings. The molecular formula is C24H25N3O2. The van der Waals surface area contributed by atoms with E-state index in [1.807, 2.05) is 69.3 Å². The molecule has 0 unspecified atom stereocenters. The second kappa shape index (κ2) is 9.15. The first-order valence-corrected chi connectivity index (χ1v) is 9.67. The Morgan fingerprint density at radius 1 is 0.897 bits per heavy atom. The van der Waals surface area contributed by atoms with Gasteiger partial charge < -0.3 is 10.2 Å². The zero-order chi connectivity index (χ0) is 20.8. The van der Waals surface area contributed by atoms with Crippen molar-refractivity contribution in [3.05, 3.63) is 94.8 Å². The molecule has 1 heterocycles. The highest BCUT2D eigenvalue weighted by atomic mass is 16.2. The molecule has 2 amide bonds. The Balaban J connectivity index is 1.74. The summed E-state index contributed by atoms with van der Waals surface area (Å²) >= 11 is 0. The van der Waals surface area contributed by atoms with Crippen molar-refractivity contribution in [3.63, 3.8) is 0 Å². The molecule has 1 aromatic heterocycles. The summed E-state index contributed by atoms with van der Waals surface area (Å²) in [6.07, 6.45) is 0. The minimum Gasteiger partial charge on any atom is -0.347 e. The van der Waals surface area contributed by atoms with E-state index in [2.05, 4.69) is 10.3 Å². The Hall–Kier alpha value is -3.47. The van der Waals surface area contributed by atoms with Crippen LogP contribution in [0.3, 0.4) is 0 Å². The molecule has 0 fully saturated rings. The van der Waals surface area contributed by atoms with Gasteiger partial charge in [0.2, 0.25) is 0 Å². The minimum absolute atomic E-state index is 0.225. The predicted octanol–water partition coefficient (Wildman–Crippen LogP) is 4.30. The largest absolute Gasteiger partial charge is 0.347 e. The van der Waals surface area contributed by atoms with Gasteiger partial charge in [0.1, 0.15) is 11.4 Å². The third-order valence-corrected chi connectivity index (χ3v) is 4.65. The highest BCUT2D eigenvalue weighted by Crippen LogP contribution is 2.18. The lowest BCUT2D eigenvalue weighted by molar-refractivity contribution is 0.0945. The molecule has 0 radical (unpaired) electrons. The number of hydrogen-bond donors (Lipinski definition) is 1. The van der Waals surface area contributed by atoms with Gasteiger partial charge in [-0.05, 0) is 56.2 Å². The summed E-state index contributed by atoms with van der Waals surface area (Å²) < 4.78 is 0. The van der Waals surface area contributed by atoms with E-state index >= 15 is 0 Å². The van der Waals surface area contributed by atoms with Crippen LogP contribution in [0, 0.1) is 13.8 Å². The van der Waals surface area contributed by atoms with E-state index < -0.39 is 0 Å². The van der Waals surface area contributed by atoms with E-state index in [0.29, 0.717) is 13.1 Å². The summed E-state index contributed by atoms with van der Waals surface area (Å²) in [6.45, 7) is 6.83. The molecule has 0 bridgehead atoms. The third kappa shape index (κ3) is 5.08. The summed E-state index contributed by atoms with van der Waals surface area (Å²) in [4.78, 5) is 31.5. The Morgan fingerprint density at radius 3 is 2.28 bits per heavy atom. The summed E-state index contributed by atoms with van der Waals surface area (Å²) in [5.41, 5.74) is 4.54. The number of amides is 2. The van der Waals surface area contributed by atoms with Gasteiger partial charge in [0, 0.05) is 18.8 Å². The summed E-state index contributed by atoms with van der Waals surface area (Å²) in [5.74, 6) is -0.537. The van der Waals surface area contributed by atoms with Gasteiger partial charge >= 0.3 is 0 Å². The van der Waals surface area contributed by atoms with Gasteiger partial charge in [-0.25, -0.2) is 4.98 Å². The molecular weight excluding hydrogens is 362 g/mol. The van der Waals surface area contributed by atoms with Crippen LogP contribution in [0.2, 0.25) is 0 Å². The molecule has 0 spiro atoms. The van der Waals surface area contributed by atoms with Crippen LogP contribution in [0.25, 0.3) is 0 Å². The smallest absolute Gasteiger partial charge is 0.276 e. The van der Waals surface area contributed by atoms with E-state index in [1.54, 1.807) is 23.1 Å². The zero-order valence-corrected chi connectivity index (χ0v) is 17.0. The topological polar surface area (TPSA) is 62.3 Å². The SMILES string of the molecule is CCN(C(=O)c1cccc(C(=O)NCc2ccc(C)cc2)n1)c1cccc(C)c1. The van der Waals surface area contributed by atoms with Crippen LogP contribution in [-0.2, 0) is 6.54 Å². The number of nitrogens with zero attached hydrogens (tertiary/aromatic N) is 2. The molecule has 0 saturated heterocycles. The number of carbonyl (C=O) groups is 2. The van der Waals surface area contributed by atoms with Crippen LogP contribution in [0.5, 0.6) is 0 Å². The number of anilines is 1. The number of rotatable bonds is 6. The first kappa shape index (κ1) is 20.3. The van der Waals surface area contributed by atoms with Crippen molar-refractivity contribution in [1.82, 2.24) is 10.3 Å². The fraction of sp³-hybridized carbons (Fsp3) is 0.208. The Labute approximate surface area is 171 Å². The van der Waals surface area contributed by atoms with Gasteiger partial charge in [-0.1, -0.05) is 48.0 Å². The molecule has 0 atom stereocenters. The molecule has 2 aromatic carbocycles. The number of hydrogen-bond acceptors (Lipinski definition) is 3. The molecule has 5 nitrogen and oxygen atoms in total. The van der Waals surface area contributed by atoms with Crippen molar-refractivity contribution >= 4 is 17.5 Å². The average Bonchev–Trinajstić information content (AvgIpc) is 2.74. The molecule has 0 aliphatic carbocycles. The summed E-state index contributed by atoms with van der Waals surface area (Å²) in [7, 11) is 0. The van der Waals surface area contributed by atoms with Crippen LogP contribution in [0.15, 0.2) is 66.7 Å². The van der Waals surface area contributed by atoms with E-state index in [9.17, 15) is 9.59 Å². The van der Waals surface area contributed by atoms with E-state index in [1.165, 1.54) is 5.56 Å². The van der Waals surface area contributed by atoms with Crippen molar-refractivity contribution in [3.8, 4) is 0 Å². The number of nitrogens with one attached hydrogen (secondary N) is 1. The monoisotopic (exact) mass is 387 g/mol. The fourth-order valence-electron chi connectivity index (χ4n) is 3.04. The number of aryl methyl sites for hydroxylation is 2. The lowest BCUT2D eigenvalue weighted by Gasteiger charge is -2.21. The number of aromatic nitrogens is 1. The van der Waals surface area contributed by atoms with Crippen LogP contribution in [0.1, 0.15) is 44.6 Å². The first-order valence-electron chi connectivity index (χ1n) is 9.67. The molecule has 0 aliphatic heterocycles. The molecule has 148 valence electrons. The molecule has 29 heavy (non-hydrogen) atoms. The predicted molar refractivity (Wildman–Crippen MR) is 115 cm³/mol. The maximum absolute atomic E-state index is 13.0. The van der Waals surface area contributed by atoms with Crippen LogP contribution in [-0.4, -0.2) is 23.3 Å². The first-order chi connectivity index (χ1) is 14.0. The van der Waals surface area contributed by atoms with Gasteiger partial charge in [0.15, 0.2) is 0 Å². The summed E-state index contributed by atoms with van der Waals surface area (Å²) in [6, 6.07) is 20.7. The highest BCUT2D eigenvalue weighted by molar-refractivity contribution is 6.05. The second-order valence-corrected chi connectivity index (χ2v) is 6.96. The van der Waals surface area contributed by atoms with E-state index in [0.717, 1.165) is 16.8 Å². The Morgan fingerprint density at radius 2 is 1.59 bits per heavy atom. The third-order valence-electron chi connectivity index (χ3n) is 4.65. The fourth-order valence-corrected chi connectivity index (χ4v) is 3.04. The van der Waals surface area contributed by atoms with Crippen molar-refractivity contribution in [2.45, 2.75) is 27.3 Å². The highest BCUT2D eigenvalue weighted by Gasteiger charge is 2.19. The van der Waals surface area contributed by atoms with Crippen LogP contribution < -0.4 is 10.2 Å². The summed E-state index contributed by atoms with van der Waals surface area (Å²) in [5, 5.41) is 2.86. The van der Waals surface area contributed by atoms with Gasteiger partial charge in [0.25, 0.3) is 11.8 Å².